The number of fused-ring (bicyclic) bond motifs is 3. The third-order valence-electron chi connectivity index (χ3n) is 7.67. The summed E-state index contributed by atoms with van der Waals surface area (Å²) in [4.78, 5) is 10.5. The molecule has 5 nitrogen and oxygen atoms in total. The molecular weight excluding hydrogens is 410 g/mol. The van der Waals surface area contributed by atoms with E-state index in [4.69, 9.17) is 4.74 Å². The number of allylic oxidation sites excluding steroid dienone is 1. The summed E-state index contributed by atoms with van der Waals surface area (Å²) in [6.45, 7) is 1.92. The van der Waals surface area contributed by atoms with E-state index in [1.807, 2.05) is 30.3 Å². The Morgan fingerprint density at radius 1 is 1.12 bits per heavy atom. The zero-order chi connectivity index (χ0) is 22.8. The minimum atomic E-state index is -0.596. The highest BCUT2D eigenvalue weighted by molar-refractivity contribution is 5.75. The van der Waals surface area contributed by atoms with Crippen LogP contribution in [0.25, 0.3) is 16.6 Å². The average Bonchev–Trinajstić information content (AvgIpc) is 3.26. The highest BCUT2D eigenvalue weighted by atomic mass is 16.5. The molecule has 1 saturated carbocycles. The average molecular weight is 446 g/mol. The van der Waals surface area contributed by atoms with Gasteiger partial charge >= 0.3 is 0 Å². The van der Waals surface area contributed by atoms with Gasteiger partial charge < -0.3 is 19.7 Å². The lowest BCUT2D eigenvalue weighted by molar-refractivity contribution is -0.0574. The van der Waals surface area contributed by atoms with Gasteiger partial charge in [-0.05, 0) is 75.4 Å². The first-order valence-corrected chi connectivity index (χ1v) is 12.3. The molecule has 174 valence electrons. The molecule has 3 atom stereocenters. The van der Waals surface area contributed by atoms with E-state index in [0.717, 1.165) is 74.2 Å². The van der Waals surface area contributed by atoms with Crippen LogP contribution >= 0.6 is 0 Å². The van der Waals surface area contributed by atoms with E-state index in [0.29, 0.717) is 5.92 Å². The topological polar surface area (TPSA) is 61.4 Å². The van der Waals surface area contributed by atoms with Crippen LogP contribution in [-0.2, 0) is 6.42 Å². The fraction of sp³-hybridized carbons (Fsp3) is 0.464. The third kappa shape index (κ3) is 4.57. The number of imidazole rings is 1. The molecular formula is C28H35N3O2. The van der Waals surface area contributed by atoms with Crippen molar-refractivity contribution in [2.45, 2.75) is 44.1 Å². The minimum Gasteiger partial charge on any atom is -0.496 e. The lowest BCUT2D eigenvalue weighted by Gasteiger charge is -2.48. The fourth-order valence-corrected chi connectivity index (χ4v) is 5.80. The van der Waals surface area contributed by atoms with Crippen LogP contribution in [0, 0.1) is 11.8 Å². The second-order valence-corrected chi connectivity index (χ2v) is 9.87. The van der Waals surface area contributed by atoms with Crippen molar-refractivity contribution < 1.29 is 9.84 Å². The Morgan fingerprint density at radius 3 is 2.73 bits per heavy atom. The van der Waals surface area contributed by atoms with Crippen LogP contribution in [0.1, 0.15) is 43.5 Å². The van der Waals surface area contributed by atoms with Crippen molar-refractivity contribution in [3.63, 3.8) is 0 Å². The van der Waals surface area contributed by atoms with Crippen molar-refractivity contribution in [1.82, 2.24) is 14.9 Å². The quantitative estimate of drug-likeness (QED) is 0.483. The molecule has 0 saturated heterocycles. The van der Waals surface area contributed by atoms with Gasteiger partial charge in [0.05, 0.1) is 23.7 Å². The molecule has 6 rings (SSSR count). The first kappa shape index (κ1) is 22.2. The van der Waals surface area contributed by atoms with E-state index < -0.39 is 5.60 Å². The summed E-state index contributed by atoms with van der Waals surface area (Å²) < 4.78 is 5.61. The monoisotopic (exact) mass is 445 g/mol. The Balaban J connectivity index is 1.16. The summed E-state index contributed by atoms with van der Waals surface area (Å²) in [7, 11) is 3.90. The maximum absolute atomic E-state index is 11.6. The summed E-state index contributed by atoms with van der Waals surface area (Å²) in [5.74, 6) is 2.63. The first-order valence-electron chi connectivity index (χ1n) is 12.3. The molecule has 3 aliphatic rings. The minimum absolute atomic E-state index is 0.228. The van der Waals surface area contributed by atoms with E-state index >= 15 is 0 Å². The molecule has 2 N–H and O–H groups in total. The summed E-state index contributed by atoms with van der Waals surface area (Å²) in [5, 5.41) is 11.6. The molecule has 5 heteroatoms. The number of aryl methyl sites for hydroxylation is 1. The Hall–Kier alpha value is -2.63. The largest absolute Gasteiger partial charge is 0.496 e. The highest BCUT2D eigenvalue weighted by Crippen LogP contribution is 2.52. The summed E-state index contributed by atoms with van der Waals surface area (Å²) in [6, 6.07) is 16.5. The Labute approximate surface area is 196 Å². The van der Waals surface area contributed by atoms with Crippen molar-refractivity contribution in [3.05, 3.63) is 66.0 Å². The second-order valence-electron chi connectivity index (χ2n) is 9.87. The molecule has 3 aliphatic carbocycles. The number of hydrogen-bond donors (Lipinski definition) is 2. The van der Waals surface area contributed by atoms with Crippen LogP contribution in [0.3, 0.4) is 0 Å². The maximum atomic E-state index is 11.6. The Bertz CT molecular complexity index is 1100. The van der Waals surface area contributed by atoms with E-state index in [2.05, 4.69) is 46.2 Å². The van der Waals surface area contributed by atoms with E-state index in [-0.39, 0.29) is 5.92 Å². The molecule has 33 heavy (non-hydrogen) atoms. The number of hydrogen-bond acceptors (Lipinski definition) is 4. The molecule has 0 amide bonds. The van der Waals surface area contributed by atoms with Crippen molar-refractivity contribution in [2.75, 3.05) is 27.2 Å². The molecule has 3 aromatic rings. The van der Waals surface area contributed by atoms with Gasteiger partial charge in [-0.15, -0.1) is 0 Å². The lowest BCUT2D eigenvalue weighted by Crippen LogP contribution is -2.48. The zero-order valence-corrected chi connectivity index (χ0v) is 19.8. The van der Waals surface area contributed by atoms with E-state index in [9.17, 15) is 5.11 Å². The number of nitrogens with zero attached hydrogens (tertiary/aromatic N) is 2. The maximum Gasteiger partial charge on any atom is 0.126 e. The molecule has 1 aromatic heterocycles. The van der Waals surface area contributed by atoms with Crippen molar-refractivity contribution in [3.8, 4) is 5.75 Å². The van der Waals surface area contributed by atoms with Gasteiger partial charge in [-0.25, -0.2) is 4.98 Å². The van der Waals surface area contributed by atoms with Crippen molar-refractivity contribution >= 4 is 16.6 Å². The molecule has 2 unspecified atom stereocenters. The molecule has 0 radical (unpaired) electrons. The predicted molar refractivity (Wildman–Crippen MR) is 133 cm³/mol. The van der Waals surface area contributed by atoms with Gasteiger partial charge in [0.1, 0.15) is 11.6 Å². The van der Waals surface area contributed by atoms with Crippen LogP contribution in [0.15, 0.2) is 54.6 Å². The first-order chi connectivity index (χ1) is 16.1. The standard InChI is InChI=1S/C28H35N3O2/c1-31(16-7-12-27-29-24-9-4-5-10-25(24)30-27)17-15-28(32)19-20-13-14-21(28)18-23(20)22-8-3-6-11-26(22)33-2/h3-6,8-11,18,20-21,32H,7,12-17,19H2,1-2H3,(H,29,30)/t20-,21?,28?/m0/s1. The number of H-pyrrole nitrogens is 1. The molecule has 1 heterocycles. The van der Waals surface area contributed by atoms with Gasteiger partial charge in [0.25, 0.3) is 0 Å². The van der Waals surface area contributed by atoms with Crippen LogP contribution < -0.4 is 4.74 Å². The number of rotatable bonds is 9. The second kappa shape index (κ2) is 9.32. The predicted octanol–water partition coefficient (Wildman–Crippen LogP) is 5.07. The number of nitrogens with one attached hydrogen (secondary N) is 1. The number of aliphatic hydroxyl groups is 1. The summed E-state index contributed by atoms with van der Waals surface area (Å²) in [6.07, 6.45) is 8.26. The fourth-order valence-electron chi connectivity index (χ4n) is 5.80. The third-order valence-corrected chi connectivity index (χ3v) is 7.67. The van der Waals surface area contributed by atoms with Crippen molar-refractivity contribution in [1.29, 1.82) is 0 Å². The number of aromatic amines is 1. The zero-order valence-electron chi connectivity index (χ0n) is 19.8. The van der Waals surface area contributed by atoms with Crippen LogP contribution in [0.4, 0.5) is 0 Å². The van der Waals surface area contributed by atoms with Gasteiger partial charge in [0, 0.05) is 24.4 Å². The van der Waals surface area contributed by atoms with E-state index in [1.165, 1.54) is 11.1 Å². The van der Waals surface area contributed by atoms with Gasteiger partial charge in [0.2, 0.25) is 0 Å². The van der Waals surface area contributed by atoms with Crippen molar-refractivity contribution in [2.24, 2.45) is 11.8 Å². The van der Waals surface area contributed by atoms with Crippen LogP contribution in [0.5, 0.6) is 5.75 Å². The smallest absolute Gasteiger partial charge is 0.126 e. The van der Waals surface area contributed by atoms with Crippen LogP contribution in [-0.4, -0.2) is 52.8 Å². The van der Waals surface area contributed by atoms with Crippen LogP contribution in [0.2, 0.25) is 0 Å². The highest BCUT2D eigenvalue weighted by Gasteiger charge is 2.46. The summed E-state index contributed by atoms with van der Waals surface area (Å²) >= 11 is 0. The van der Waals surface area contributed by atoms with Gasteiger partial charge in [-0.1, -0.05) is 36.4 Å². The van der Waals surface area contributed by atoms with Gasteiger partial charge in [0.15, 0.2) is 0 Å². The number of para-hydroxylation sites is 3. The molecule has 1 fully saturated rings. The number of methoxy groups -OCH3 is 1. The molecule has 2 bridgehead atoms. The normalized spacial score (nSPS) is 24.4. The number of benzene rings is 2. The molecule has 2 aromatic carbocycles. The Kier molecular flexibility index (Phi) is 6.26. The molecule has 0 spiro atoms. The molecule has 0 aliphatic heterocycles. The lowest BCUT2D eigenvalue weighted by atomic mass is 9.61. The van der Waals surface area contributed by atoms with Gasteiger partial charge in [-0.2, -0.15) is 0 Å². The number of ether oxygens (including phenoxy) is 1. The SMILES string of the molecule is COc1ccccc1C1=CC2CC[C@H]1CC2(O)CCN(C)CCCc1nc2ccccc2[nH]1. The Morgan fingerprint density at radius 2 is 1.94 bits per heavy atom. The van der Waals surface area contributed by atoms with E-state index in [1.54, 1.807) is 7.11 Å². The van der Waals surface area contributed by atoms with Gasteiger partial charge in [-0.3, -0.25) is 0 Å². The summed E-state index contributed by atoms with van der Waals surface area (Å²) in [5.41, 5.74) is 4.11. The number of aromatic nitrogens is 2.